The first-order valence-corrected chi connectivity index (χ1v) is 7.63. The van der Waals surface area contributed by atoms with Gasteiger partial charge in [-0.15, -0.1) is 0 Å². The van der Waals surface area contributed by atoms with E-state index in [0.717, 1.165) is 12.8 Å². The van der Waals surface area contributed by atoms with Crippen LogP contribution in [0.25, 0.3) is 0 Å². The smallest absolute Gasteiger partial charge is 0.294 e. The number of aliphatic imine (C=N–C) groups is 2. The minimum atomic E-state index is -0.232. The maximum atomic E-state index is 12.5. The Bertz CT molecular complexity index is 853. The molecule has 0 saturated heterocycles. The number of nitrogen functional groups attached to an aromatic ring is 1. The van der Waals surface area contributed by atoms with Crippen molar-refractivity contribution >= 4 is 22.9 Å². The number of rotatable bonds is 1. The number of fused-ring (bicyclic) bond motifs is 2. The fourth-order valence-corrected chi connectivity index (χ4v) is 3.00. The van der Waals surface area contributed by atoms with Crippen LogP contribution in [0.2, 0.25) is 0 Å². The summed E-state index contributed by atoms with van der Waals surface area (Å²) in [6.45, 7) is 2.39. The summed E-state index contributed by atoms with van der Waals surface area (Å²) in [4.78, 5) is 21.0. The van der Waals surface area contributed by atoms with Crippen molar-refractivity contribution in [1.82, 2.24) is 9.36 Å². The van der Waals surface area contributed by atoms with Gasteiger partial charge in [0.25, 0.3) is 5.56 Å². The predicted octanol–water partition coefficient (Wildman–Crippen LogP) is 0.909. The highest BCUT2D eigenvalue weighted by molar-refractivity contribution is 6.22. The molecule has 8 nitrogen and oxygen atoms in total. The van der Waals surface area contributed by atoms with Crippen molar-refractivity contribution in [1.29, 1.82) is 0 Å². The van der Waals surface area contributed by atoms with Crippen molar-refractivity contribution in [3.05, 3.63) is 34.0 Å². The molecular weight excluding hydrogens is 298 g/mol. The molecule has 23 heavy (non-hydrogen) atoms. The maximum absolute atomic E-state index is 12.5. The number of aliphatic hydroxyl groups excluding tert-OH is 1. The van der Waals surface area contributed by atoms with Crippen molar-refractivity contribution in [2.75, 3.05) is 18.9 Å². The largest absolute Gasteiger partial charge is 0.506 e. The lowest BCUT2D eigenvalue weighted by Gasteiger charge is -2.19. The predicted molar refractivity (Wildman–Crippen MR) is 86.5 cm³/mol. The monoisotopic (exact) mass is 315 g/mol. The second-order valence-corrected chi connectivity index (χ2v) is 5.64. The fourth-order valence-electron chi connectivity index (χ4n) is 3.00. The van der Waals surface area contributed by atoms with E-state index in [1.807, 2.05) is 0 Å². The first-order valence-electron chi connectivity index (χ1n) is 7.63. The zero-order valence-corrected chi connectivity index (χ0v) is 12.5. The molecule has 0 radical (unpaired) electrons. The molecule has 2 aliphatic heterocycles. The number of hydrogen-bond donors (Lipinski definition) is 2. The molecule has 120 valence electrons. The third kappa shape index (κ3) is 2.18. The molecule has 3 heterocycles. The number of hydrogen-bond acceptors (Lipinski definition) is 6. The molecule has 0 unspecified atom stereocenters. The van der Waals surface area contributed by atoms with Gasteiger partial charge in [-0.05, 0) is 12.8 Å². The van der Waals surface area contributed by atoms with Crippen molar-refractivity contribution in [3.8, 4) is 0 Å². The SMILES string of the molecule is Nc1c(/N=C2\C=C3OCCN=C3C=C2O)c(=O)n2n1CCCC2. The minimum Gasteiger partial charge on any atom is -0.506 e. The van der Waals surface area contributed by atoms with Crippen LogP contribution in [0.3, 0.4) is 0 Å². The second-order valence-electron chi connectivity index (χ2n) is 5.64. The van der Waals surface area contributed by atoms with Crippen LogP contribution in [0, 0.1) is 0 Å². The molecule has 0 atom stereocenters. The molecule has 0 saturated carbocycles. The lowest BCUT2D eigenvalue weighted by molar-refractivity contribution is 0.232. The van der Waals surface area contributed by atoms with Crippen LogP contribution in [0.1, 0.15) is 12.8 Å². The number of anilines is 1. The van der Waals surface area contributed by atoms with Gasteiger partial charge in [0, 0.05) is 25.2 Å². The Hall–Kier alpha value is -2.77. The summed E-state index contributed by atoms with van der Waals surface area (Å²) >= 11 is 0. The molecular formula is C15H17N5O3. The van der Waals surface area contributed by atoms with Gasteiger partial charge in [0.2, 0.25) is 0 Å². The van der Waals surface area contributed by atoms with Crippen LogP contribution in [0.5, 0.6) is 0 Å². The molecule has 8 heteroatoms. The van der Waals surface area contributed by atoms with Crippen LogP contribution in [0.15, 0.2) is 38.4 Å². The Morgan fingerprint density at radius 1 is 1.26 bits per heavy atom. The molecule has 4 rings (SSSR count). The van der Waals surface area contributed by atoms with Gasteiger partial charge in [-0.3, -0.25) is 14.5 Å². The van der Waals surface area contributed by atoms with Crippen molar-refractivity contribution in [2.45, 2.75) is 25.9 Å². The highest BCUT2D eigenvalue weighted by atomic mass is 16.5. The summed E-state index contributed by atoms with van der Waals surface area (Å²) in [7, 11) is 0. The Morgan fingerprint density at radius 3 is 2.83 bits per heavy atom. The van der Waals surface area contributed by atoms with E-state index < -0.39 is 0 Å². The lowest BCUT2D eigenvalue weighted by atomic mass is 10.1. The first kappa shape index (κ1) is 13.9. The van der Waals surface area contributed by atoms with Gasteiger partial charge in [0.05, 0.1) is 6.54 Å². The zero-order valence-electron chi connectivity index (χ0n) is 12.5. The quantitative estimate of drug-likeness (QED) is 0.751. The van der Waals surface area contributed by atoms with Gasteiger partial charge < -0.3 is 15.6 Å². The van der Waals surface area contributed by atoms with E-state index in [2.05, 4.69) is 9.98 Å². The van der Waals surface area contributed by atoms with E-state index in [-0.39, 0.29) is 22.7 Å². The maximum Gasteiger partial charge on any atom is 0.294 e. The number of nitrogens with two attached hydrogens (primary N) is 1. The number of ether oxygens (including phenoxy) is 1. The van der Waals surface area contributed by atoms with Gasteiger partial charge in [0.1, 0.15) is 29.5 Å². The standard InChI is InChI=1S/C15H17N5O3/c16-14-13(15(22)20-5-2-1-4-19(14)20)18-9-8-12-10(7-11(9)21)17-3-6-23-12/h7-8,21H,1-6,16H2/b18-9+. The van der Waals surface area contributed by atoms with Gasteiger partial charge in [-0.2, -0.15) is 0 Å². The molecule has 0 spiro atoms. The van der Waals surface area contributed by atoms with Crippen molar-refractivity contribution < 1.29 is 9.84 Å². The molecule has 3 N–H and O–H groups in total. The zero-order chi connectivity index (χ0) is 16.0. The van der Waals surface area contributed by atoms with Gasteiger partial charge in [-0.1, -0.05) is 0 Å². The van der Waals surface area contributed by atoms with Crippen LogP contribution in [-0.2, 0) is 17.8 Å². The van der Waals surface area contributed by atoms with E-state index in [0.29, 0.717) is 43.5 Å². The van der Waals surface area contributed by atoms with E-state index in [9.17, 15) is 9.90 Å². The number of nitrogens with zero attached hydrogens (tertiary/aromatic N) is 4. The highest BCUT2D eigenvalue weighted by Crippen LogP contribution is 2.24. The summed E-state index contributed by atoms with van der Waals surface area (Å²) in [5, 5.41) is 10.1. The van der Waals surface area contributed by atoms with Crippen molar-refractivity contribution in [2.24, 2.45) is 9.98 Å². The normalized spacial score (nSPS) is 21.7. The summed E-state index contributed by atoms with van der Waals surface area (Å²) < 4.78 is 8.88. The third-order valence-corrected chi connectivity index (χ3v) is 4.16. The molecule has 0 amide bonds. The van der Waals surface area contributed by atoms with Crippen LogP contribution in [0.4, 0.5) is 11.5 Å². The Labute approximate surface area is 131 Å². The minimum absolute atomic E-state index is 0.0500. The molecule has 1 aromatic heterocycles. The molecule has 1 aromatic rings. The molecule has 0 bridgehead atoms. The van der Waals surface area contributed by atoms with E-state index >= 15 is 0 Å². The topological polar surface area (TPSA) is 107 Å². The van der Waals surface area contributed by atoms with Gasteiger partial charge in [-0.25, -0.2) is 9.67 Å². The Balaban J connectivity index is 1.81. The lowest BCUT2D eigenvalue weighted by Crippen LogP contribution is -2.27. The van der Waals surface area contributed by atoms with E-state index in [1.54, 1.807) is 15.4 Å². The van der Waals surface area contributed by atoms with Gasteiger partial charge >= 0.3 is 0 Å². The molecule has 0 aromatic carbocycles. The number of allylic oxidation sites excluding steroid dienone is 2. The van der Waals surface area contributed by atoms with E-state index in [4.69, 9.17) is 10.5 Å². The average Bonchev–Trinajstić information content (AvgIpc) is 2.81. The van der Waals surface area contributed by atoms with E-state index in [1.165, 1.54) is 6.08 Å². The summed E-state index contributed by atoms with van der Waals surface area (Å²) in [5.74, 6) is 0.832. The Kier molecular flexibility index (Phi) is 3.10. The average molecular weight is 315 g/mol. The number of aromatic nitrogens is 2. The fraction of sp³-hybridized carbons (Fsp3) is 0.400. The van der Waals surface area contributed by atoms with Crippen LogP contribution < -0.4 is 11.3 Å². The second kappa shape index (κ2) is 5.15. The van der Waals surface area contributed by atoms with Crippen LogP contribution >= 0.6 is 0 Å². The first-order chi connectivity index (χ1) is 11.1. The molecule has 0 fully saturated rings. The van der Waals surface area contributed by atoms with Crippen LogP contribution in [-0.4, -0.2) is 39.0 Å². The molecule has 1 aliphatic carbocycles. The summed E-state index contributed by atoms with van der Waals surface area (Å²) in [6, 6.07) is 0. The Morgan fingerprint density at radius 2 is 2.04 bits per heavy atom. The highest BCUT2D eigenvalue weighted by Gasteiger charge is 2.24. The summed E-state index contributed by atoms with van der Waals surface area (Å²) in [5.41, 5.74) is 6.86. The van der Waals surface area contributed by atoms with Crippen molar-refractivity contribution in [3.63, 3.8) is 0 Å². The molecule has 3 aliphatic rings. The van der Waals surface area contributed by atoms with Gasteiger partial charge in [0.15, 0.2) is 11.5 Å². The third-order valence-electron chi connectivity index (χ3n) is 4.16. The summed E-state index contributed by atoms with van der Waals surface area (Å²) in [6.07, 6.45) is 5.02. The number of aliphatic hydroxyl groups is 1.